The molecule has 1 fully saturated rings. The van der Waals surface area contributed by atoms with Crippen LogP contribution in [0.5, 0.6) is 0 Å². The van der Waals surface area contributed by atoms with Crippen LogP contribution in [0.4, 0.5) is 0 Å². The Morgan fingerprint density at radius 1 is 1.37 bits per heavy atom. The average molecular weight is 301 g/mol. The molecule has 0 amide bonds. The summed E-state index contributed by atoms with van der Waals surface area (Å²) >= 11 is 12.3. The van der Waals surface area contributed by atoms with Crippen molar-refractivity contribution in [3.05, 3.63) is 33.8 Å². The van der Waals surface area contributed by atoms with Crippen LogP contribution in [0.3, 0.4) is 0 Å². The van der Waals surface area contributed by atoms with Crippen LogP contribution in [0.1, 0.15) is 50.6 Å². The maximum Gasteiger partial charge on any atom is 0.0503 e. The van der Waals surface area contributed by atoms with E-state index in [0.717, 1.165) is 11.5 Å². The van der Waals surface area contributed by atoms with Crippen LogP contribution >= 0.6 is 23.2 Å². The molecule has 1 saturated carbocycles. The highest BCUT2D eigenvalue weighted by atomic mass is 35.5. The standard InChI is InChI=1S/C15H22Cl2N2/c1-2-10-4-3-5-11(8-10)15(19-18)13-7-6-12(16)9-14(13)17/h6-7,9-11,15,19H,2-5,8,18H2,1H3. The fraction of sp³-hybridized carbons (Fsp3) is 0.600. The number of halogens is 2. The molecular weight excluding hydrogens is 279 g/mol. The smallest absolute Gasteiger partial charge is 0.0503 e. The average Bonchev–Trinajstić information content (AvgIpc) is 2.42. The molecule has 1 aliphatic rings. The monoisotopic (exact) mass is 300 g/mol. The first-order valence-electron chi connectivity index (χ1n) is 7.06. The lowest BCUT2D eigenvalue weighted by Crippen LogP contribution is -2.36. The van der Waals surface area contributed by atoms with E-state index < -0.39 is 0 Å². The van der Waals surface area contributed by atoms with Crippen LogP contribution in [0.2, 0.25) is 10.0 Å². The van der Waals surface area contributed by atoms with Gasteiger partial charge >= 0.3 is 0 Å². The van der Waals surface area contributed by atoms with Gasteiger partial charge in [0.1, 0.15) is 0 Å². The van der Waals surface area contributed by atoms with Crippen molar-refractivity contribution in [1.82, 2.24) is 5.43 Å². The van der Waals surface area contributed by atoms with E-state index in [1.165, 1.54) is 32.1 Å². The number of hydrazine groups is 1. The molecule has 0 spiro atoms. The first-order chi connectivity index (χ1) is 9.15. The second-order valence-electron chi connectivity index (χ2n) is 5.51. The fourth-order valence-electron chi connectivity index (χ4n) is 3.24. The Bertz CT molecular complexity index is 423. The highest BCUT2D eigenvalue weighted by Crippen LogP contribution is 2.40. The summed E-state index contributed by atoms with van der Waals surface area (Å²) in [6.07, 6.45) is 6.32. The fourth-order valence-corrected chi connectivity index (χ4v) is 3.77. The second kappa shape index (κ2) is 6.94. The number of hydrogen-bond acceptors (Lipinski definition) is 2. The van der Waals surface area contributed by atoms with Crippen LogP contribution in [0, 0.1) is 11.8 Å². The molecular formula is C15H22Cl2N2. The Kier molecular flexibility index (Phi) is 5.52. The van der Waals surface area contributed by atoms with Gasteiger partial charge in [-0.3, -0.25) is 11.3 Å². The van der Waals surface area contributed by atoms with E-state index in [1.807, 2.05) is 12.1 Å². The highest BCUT2D eigenvalue weighted by Gasteiger charge is 2.29. The predicted octanol–water partition coefficient (Wildman–Crippen LogP) is 4.71. The van der Waals surface area contributed by atoms with Crippen molar-refractivity contribution >= 4 is 23.2 Å². The molecule has 0 aliphatic heterocycles. The molecule has 3 unspecified atom stereocenters. The van der Waals surface area contributed by atoms with Crippen molar-refractivity contribution in [2.24, 2.45) is 17.7 Å². The lowest BCUT2D eigenvalue weighted by atomic mass is 9.75. The van der Waals surface area contributed by atoms with Gasteiger partial charge in [0, 0.05) is 10.0 Å². The normalized spacial score (nSPS) is 25.3. The summed E-state index contributed by atoms with van der Waals surface area (Å²) in [5.74, 6) is 7.17. The van der Waals surface area contributed by atoms with Gasteiger partial charge in [-0.1, -0.05) is 55.5 Å². The van der Waals surface area contributed by atoms with Crippen LogP contribution in [0.25, 0.3) is 0 Å². The lowest BCUT2D eigenvalue weighted by Gasteiger charge is -2.34. The van der Waals surface area contributed by atoms with Crippen LogP contribution in [-0.4, -0.2) is 0 Å². The second-order valence-corrected chi connectivity index (χ2v) is 6.35. The molecule has 0 heterocycles. The lowest BCUT2D eigenvalue weighted by molar-refractivity contribution is 0.210. The summed E-state index contributed by atoms with van der Waals surface area (Å²) in [6.45, 7) is 2.27. The molecule has 19 heavy (non-hydrogen) atoms. The third-order valence-electron chi connectivity index (χ3n) is 4.35. The molecule has 0 bridgehead atoms. The van der Waals surface area contributed by atoms with E-state index in [0.29, 0.717) is 16.0 Å². The van der Waals surface area contributed by atoms with Crippen molar-refractivity contribution in [3.63, 3.8) is 0 Å². The molecule has 2 nitrogen and oxygen atoms in total. The van der Waals surface area contributed by atoms with Crippen LogP contribution < -0.4 is 11.3 Å². The molecule has 2 rings (SSSR count). The Labute approximate surface area is 125 Å². The number of hydrogen-bond donors (Lipinski definition) is 2. The van der Waals surface area contributed by atoms with Crippen molar-refractivity contribution in [2.75, 3.05) is 0 Å². The number of rotatable bonds is 4. The summed E-state index contributed by atoms with van der Waals surface area (Å²) < 4.78 is 0. The molecule has 1 aromatic rings. The van der Waals surface area contributed by atoms with Crippen molar-refractivity contribution in [2.45, 2.75) is 45.1 Å². The minimum atomic E-state index is 0.124. The van der Waals surface area contributed by atoms with Gasteiger partial charge in [-0.25, -0.2) is 0 Å². The van der Waals surface area contributed by atoms with Gasteiger partial charge in [-0.2, -0.15) is 0 Å². The van der Waals surface area contributed by atoms with Gasteiger partial charge in [0.2, 0.25) is 0 Å². The number of nitrogens with one attached hydrogen (secondary N) is 1. The Morgan fingerprint density at radius 3 is 2.79 bits per heavy atom. The van der Waals surface area contributed by atoms with Gasteiger partial charge in [0.25, 0.3) is 0 Å². The van der Waals surface area contributed by atoms with E-state index in [2.05, 4.69) is 12.3 Å². The third-order valence-corrected chi connectivity index (χ3v) is 4.91. The molecule has 3 atom stereocenters. The Hall–Kier alpha value is -0.280. The van der Waals surface area contributed by atoms with Crippen molar-refractivity contribution in [1.29, 1.82) is 0 Å². The summed E-state index contributed by atoms with van der Waals surface area (Å²) in [5.41, 5.74) is 4.03. The topological polar surface area (TPSA) is 38.0 Å². The third kappa shape index (κ3) is 3.63. The SMILES string of the molecule is CCC1CCCC(C(NN)c2ccc(Cl)cc2Cl)C1. The first kappa shape index (κ1) is 15.1. The molecule has 4 heteroatoms. The molecule has 1 aliphatic carbocycles. The summed E-state index contributed by atoms with van der Waals surface area (Å²) in [4.78, 5) is 0. The van der Waals surface area contributed by atoms with Gasteiger partial charge in [-0.05, 0) is 42.4 Å². The zero-order valence-electron chi connectivity index (χ0n) is 11.3. The highest BCUT2D eigenvalue weighted by molar-refractivity contribution is 6.35. The molecule has 3 N–H and O–H groups in total. The maximum absolute atomic E-state index is 6.31. The molecule has 0 aromatic heterocycles. The van der Waals surface area contributed by atoms with E-state index >= 15 is 0 Å². The Balaban J connectivity index is 2.19. The molecule has 0 saturated heterocycles. The number of nitrogens with two attached hydrogens (primary N) is 1. The quantitative estimate of drug-likeness (QED) is 0.624. The molecule has 1 aromatic carbocycles. The van der Waals surface area contributed by atoms with E-state index in [4.69, 9.17) is 29.0 Å². The van der Waals surface area contributed by atoms with Crippen LogP contribution in [0.15, 0.2) is 18.2 Å². The van der Waals surface area contributed by atoms with E-state index in [1.54, 1.807) is 6.07 Å². The molecule has 106 valence electrons. The van der Waals surface area contributed by atoms with Gasteiger partial charge in [0.15, 0.2) is 0 Å². The first-order valence-corrected chi connectivity index (χ1v) is 7.82. The Morgan fingerprint density at radius 2 is 2.16 bits per heavy atom. The minimum Gasteiger partial charge on any atom is -0.271 e. The van der Waals surface area contributed by atoms with Gasteiger partial charge in [-0.15, -0.1) is 0 Å². The number of benzene rings is 1. The summed E-state index contributed by atoms with van der Waals surface area (Å²) in [5, 5.41) is 1.37. The summed E-state index contributed by atoms with van der Waals surface area (Å²) in [7, 11) is 0. The largest absolute Gasteiger partial charge is 0.271 e. The van der Waals surface area contributed by atoms with Crippen molar-refractivity contribution < 1.29 is 0 Å². The molecule has 0 radical (unpaired) electrons. The van der Waals surface area contributed by atoms with Crippen molar-refractivity contribution in [3.8, 4) is 0 Å². The predicted molar refractivity (Wildman–Crippen MR) is 82.3 cm³/mol. The van der Waals surface area contributed by atoms with Gasteiger partial charge in [0.05, 0.1) is 6.04 Å². The zero-order valence-corrected chi connectivity index (χ0v) is 12.8. The zero-order chi connectivity index (χ0) is 13.8. The maximum atomic E-state index is 6.31. The van der Waals surface area contributed by atoms with Gasteiger partial charge < -0.3 is 0 Å². The summed E-state index contributed by atoms with van der Waals surface area (Å²) in [6, 6.07) is 5.79. The van der Waals surface area contributed by atoms with Crippen LogP contribution in [-0.2, 0) is 0 Å². The van der Waals surface area contributed by atoms with E-state index in [-0.39, 0.29) is 6.04 Å². The minimum absolute atomic E-state index is 0.124. The van der Waals surface area contributed by atoms with E-state index in [9.17, 15) is 0 Å².